The van der Waals surface area contributed by atoms with E-state index in [1.54, 1.807) is 0 Å². The van der Waals surface area contributed by atoms with Crippen LogP contribution >= 0.6 is 15.9 Å². The predicted molar refractivity (Wildman–Crippen MR) is 55.8 cm³/mol. The highest BCUT2D eigenvalue weighted by Crippen LogP contribution is 2.24. The molecule has 0 aromatic heterocycles. The highest BCUT2D eigenvalue weighted by molar-refractivity contribution is 9.09. The Bertz CT molecular complexity index is 116. The van der Waals surface area contributed by atoms with Gasteiger partial charge in [-0.15, -0.1) is 0 Å². The predicted octanol–water partition coefficient (Wildman–Crippen LogP) is 3.51. The lowest BCUT2D eigenvalue weighted by Crippen LogP contribution is -2.29. The molecule has 0 amide bonds. The van der Waals surface area contributed by atoms with Gasteiger partial charge in [0.05, 0.1) is 6.10 Å². The van der Waals surface area contributed by atoms with Crippen LogP contribution in [0.15, 0.2) is 0 Å². The molecule has 0 aliphatic carbocycles. The van der Waals surface area contributed by atoms with Crippen LogP contribution in [0.4, 0.5) is 0 Å². The topological polar surface area (TPSA) is 9.23 Å². The summed E-state index contributed by atoms with van der Waals surface area (Å²) in [6.45, 7) is 3.21. The monoisotopic (exact) mass is 234 g/mol. The molecule has 0 aromatic rings. The van der Waals surface area contributed by atoms with Crippen molar-refractivity contribution < 1.29 is 4.74 Å². The molecular weight excluding hydrogens is 216 g/mol. The SMILES string of the molecule is CCCCC[C@@H]1OCCC[C@H]1Br. The Morgan fingerprint density at radius 1 is 1.42 bits per heavy atom. The maximum atomic E-state index is 5.69. The summed E-state index contributed by atoms with van der Waals surface area (Å²) in [5.41, 5.74) is 0. The first-order valence-corrected chi connectivity index (χ1v) is 6.02. The molecule has 2 atom stereocenters. The second-order valence-electron chi connectivity index (χ2n) is 3.56. The van der Waals surface area contributed by atoms with Gasteiger partial charge in [0.2, 0.25) is 0 Å². The van der Waals surface area contributed by atoms with Crippen molar-refractivity contribution in [3.8, 4) is 0 Å². The van der Waals surface area contributed by atoms with Crippen molar-refractivity contribution in [2.75, 3.05) is 6.61 Å². The second-order valence-corrected chi connectivity index (χ2v) is 4.74. The maximum Gasteiger partial charge on any atom is 0.0700 e. The lowest BCUT2D eigenvalue weighted by atomic mass is 10.0. The quantitative estimate of drug-likeness (QED) is 0.535. The second kappa shape index (κ2) is 5.98. The molecule has 1 saturated heterocycles. The highest BCUT2D eigenvalue weighted by Gasteiger charge is 2.22. The van der Waals surface area contributed by atoms with E-state index < -0.39 is 0 Å². The van der Waals surface area contributed by atoms with Crippen LogP contribution in [0.1, 0.15) is 45.4 Å². The van der Waals surface area contributed by atoms with E-state index in [2.05, 4.69) is 22.9 Å². The third kappa shape index (κ3) is 3.44. The Morgan fingerprint density at radius 3 is 2.92 bits per heavy atom. The number of hydrogen-bond acceptors (Lipinski definition) is 1. The lowest BCUT2D eigenvalue weighted by Gasteiger charge is -2.27. The number of halogens is 1. The Kier molecular flexibility index (Phi) is 5.24. The summed E-state index contributed by atoms with van der Waals surface area (Å²) < 4.78 is 5.69. The molecule has 1 rings (SSSR count). The minimum atomic E-state index is 0.491. The van der Waals surface area contributed by atoms with Crippen LogP contribution in [0.3, 0.4) is 0 Å². The van der Waals surface area contributed by atoms with Gasteiger partial charge in [-0.1, -0.05) is 42.1 Å². The van der Waals surface area contributed by atoms with Crippen LogP contribution < -0.4 is 0 Å². The average molecular weight is 235 g/mol. The molecule has 1 nitrogen and oxygen atoms in total. The number of hydrogen-bond donors (Lipinski definition) is 0. The molecule has 0 saturated carbocycles. The summed E-state index contributed by atoms with van der Waals surface area (Å²) in [5.74, 6) is 0. The van der Waals surface area contributed by atoms with Crippen LogP contribution in [-0.4, -0.2) is 17.5 Å². The zero-order valence-electron chi connectivity index (χ0n) is 7.89. The molecule has 1 aliphatic rings. The first kappa shape index (κ1) is 10.5. The van der Waals surface area contributed by atoms with Gasteiger partial charge in [0.1, 0.15) is 0 Å². The van der Waals surface area contributed by atoms with Gasteiger partial charge in [-0.25, -0.2) is 0 Å². The third-order valence-corrected chi connectivity index (χ3v) is 3.50. The molecule has 0 aromatic carbocycles. The van der Waals surface area contributed by atoms with E-state index in [1.807, 2.05) is 0 Å². The third-order valence-electron chi connectivity index (χ3n) is 2.45. The molecule has 0 N–H and O–H groups in total. The fourth-order valence-electron chi connectivity index (χ4n) is 1.66. The van der Waals surface area contributed by atoms with E-state index in [9.17, 15) is 0 Å². The van der Waals surface area contributed by atoms with Gasteiger partial charge in [0.25, 0.3) is 0 Å². The van der Waals surface area contributed by atoms with E-state index in [4.69, 9.17) is 4.74 Å². The molecular formula is C10H19BrO. The van der Waals surface area contributed by atoms with Crippen molar-refractivity contribution in [2.45, 2.75) is 56.4 Å². The van der Waals surface area contributed by atoms with Gasteiger partial charge in [0, 0.05) is 11.4 Å². The first-order chi connectivity index (χ1) is 5.84. The van der Waals surface area contributed by atoms with Crippen LogP contribution in [0.2, 0.25) is 0 Å². The Hall–Kier alpha value is 0.440. The molecule has 2 heteroatoms. The van der Waals surface area contributed by atoms with Crippen LogP contribution in [0.25, 0.3) is 0 Å². The molecule has 0 radical (unpaired) electrons. The first-order valence-electron chi connectivity index (χ1n) is 5.10. The van der Waals surface area contributed by atoms with Gasteiger partial charge in [-0.3, -0.25) is 0 Å². The van der Waals surface area contributed by atoms with Gasteiger partial charge < -0.3 is 4.74 Å². The fraction of sp³-hybridized carbons (Fsp3) is 1.00. The van der Waals surface area contributed by atoms with E-state index >= 15 is 0 Å². The maximum absolute atomic E-state index is 5.69. The molecule has 1 heterocycles. The summed E-state index contributed by atoms with van der Waals surface area (Å²) in [6.07, 6.45) is 8.22. The fourth-order valence-corrected chi connectivity index (χ4v) is 2.40. The molecule has 0 spiro atoms. The lowest BCUT2D eigenvalue weighted by molar-refractivity contribution is 0.0164. The summed E-state index contributed by atoms with van der Waals surface area (Å²) in [6, 6.07) is 0. The minimum Gasteiger partial charge on any atom is -0.377 e. The molecule has 0 bridgehead atoms. The van der Waals surface area contributed by atoms with Gasteiger partial charge in [-0.2, -0.15) is 0 Å². The minimum absolute atomic E-state index is 0.491. The van der Waals surface area contributed by atoms with Gasteiger partial charge in [0.15, 0.2) is 0 Å². The van der Waals surface area contributed by atoms with Crippen molar-refractivity contribution in [1.29, 1.82) is 0 Å². The van der Waals surface area contributed by atoms with Crippen LogP contribution in [-0.2, 0) is 4.74 Å². The molecule has 0 unspecified atom stereocenters. The van der Waals surface area contributed by atoms with Crippen LogP contribution in [0, 0.1) is 0 Å². The Morgan fingerprint density at radius 2 is 2.25 bits per heavy atom. The number of rotatable bonds is 4. The average Bonchev–Trinajstić information content (AvgIpc) is 2.09. The summed E-state index contributed by atoms with van der Waals surface area (Å²) in [4.78, 5) is 0.614. The summed E-state index contributed by atoms with van der Waals surface area (Å²) >= 11 is 3.68. The van der Waals surface area contributed by atoms with E-state index in [1.165, 1.54) is 38.5 Å². The smallest absolute Gasteiger partial charge is 0.0700 e. The zero-order valence-corrected chi connectivity index (χ0v) is 9.48. The van der Waals surface area contributed by atoms with Crippen molar-refractivity contribution in [3.05, 3.63) is 0 Å². The molecule has 12 heavy (non-hydrogen) atoms. The Labute approximate surface area is 84.0 Å². The van der Waals surface area contributed by atoms with Crippen molar-refractivity contribution in [3.63, 3.8) is 0 Å². The highest BCUT2D eigenvalue weighted by atomic mass is 79.9. The van der Waals surface area contributed by atoms with Gasteiger partial charge in [-0.05, 0) is 19.3 Å². The largest absolute Gasteiger partial charge is 0.377 e. The number of unbranched alkanes of at least 4 members (excludes halogenated alkanes) is 2. The van der Waals surface area contributed by atoms with Crippen LogP contribution in [0.5, 0.6) is 0 Å². The number of ether oxygens (including phenoxy) is 1. The summed E-state index contributed by atoms with van der Waals surface area (Å²) in [5, 5.41) is 0. The molecule has 72 valence electrons. The number of alkyl halides is 1. The van der Waals surface area contributed by atoms with Gasteiger partial charge >= 0.3 is 0 Å². The standard InChI is InChI=1S/C10H19BrO/c1-2-3-4-7-10-9(11)6-5-8-12-10/h9-10H,2-8H2,1H3/t9-,10+/m1/s1. The Balaban J connectivity index is 2.11. The van der Waals surface area contributed by atoms with Crippen molar-refractivity contribution >= 4 is 15.9 Å². The van der Waals surface area contributed by atoms with Crippen molar-refractivity contribution in [1.82, 2.24) is 0 Å². The van der Waals surface area contributed by atoms with E-state index in [-0.39, 0.29) is 0 Å². The van der Waals surface area contributed by atoms with Crippen molar-refractivity contribution in [2.24, 2.45) is 0 Å². The molecule has 1 aliphatic heterocycles. The van der Waals surface area contributed by atoms with E-state index in [0.29, 0.717) is 10.9 Å². The molecule has 1 fully saturated rings. The normalized spacial score (nSPS) is 30.5. The summed E-state index contributed by atoms with van der Waals surface area (Å²) in [7, 11) is 0. The van der Waals surface area contributed by atoms with E-state index in [0.717, 1.165) is 6.61 Å². The zero-order chi connectivity index (χ0) is 8.81.